The summed E-state index contributed by atoms with van der Waals surface area (Å²) in [5.74, 6) is 1.59. The summed E-state index contributed by atoms with van der Waals surface area (Å²) in [5, 5.41) is 7.51. The Kier molecular flexibility index (Phi) is 5.44. The molecular weight excluding hydrogens is 388 g/mol. The highest BCUT2D eigenvalue weighted by Crippen LogP contribution is 2.26. The number of carbonyl (C=O) groups excluding carboxylic acids is 1. The fourth-order valence-electron chi connectivity index (χ4n) is 2.99. The minimum atomic E-state index is -0.211. The molecule has 0 unspecified atom stereocenters. The van der Waals surface area contributed by atoms with Crippen LogP contribution in [0, 0.1) is 6.92 Å². The molecule has 2 N–H and O–H groups in total. The summed E-state index contributed by atoms with van der Waals surface area (Å²) in [6, 6.07) is 16.6. The molecule has 2 aromatic heterocycles. The Bertz CT molecular complexity index is 1160. The van der Waals surface area contributed by atoms with E-state index in [9.17, 15) is 4.79 Å². The highest BCUT2D eigenvalue weighted by atomic mass is 35.5. The lowest BCUT2D eigenvalue weighted by atomic mass is 10.1. The van der Waals surface area contributed by atoms with Gasteiger partial charge in [-0.25, -0.2) is 9.97 Å². The predicted octanol–water partition coefficient (Wildman–Crippen LogP) is 4.69. The monoisotopic (exact) mass is 406 g/mol. The van der Waals surface area contributed by atoms with Crippen LogP contribution in [0.15, 0.2) is 65.3 Å². The molecule has 2 heterocycles. The third-order valence-corrected chi connectivity index (χ3v) is 4.74. The molecule has 0 radical (unpaired) electrons. The minimum absolute atomic E-state index is 0.211. The average Bonchev–Trinajstić information content (AvgIpc) is 3.26. The molecule has 4 aromatic rings. The first-order valence-electron chi connectivity index (χ1n) is 9.21. The fourth-order valence-corrected chi connectivity index (χ4v) is 3.21. The average molecular weight is 407 g/mol. The van der Waals surface area contributed by atoms with Crippen molar-refractivity contribution >= 4 is 34.2 Å². The van der Waals surface area contributed by atoms with E-state index in [1.54, 1.807) is 36.6 Å². The number of rotatable bonds is 6. The highest BCUT2D eigenvalue weighted by molar-refractivity contribution is 6.33. The third kappa shape index (κ3) is 4.22. The van der Waals surface area contributed by atoms with Crippen molar-refractivity contribution in [3.63, 3.8) is 0 Å². The molecular formula is C22H19ClN4O2. The van der Waals surface area contributed by atoms with Gasteiger partial charge in [0.15, 0.2) is 11.6 Å². The first kappa shape index (κ1) is 19.0. The smallest absolute Gasteiger partial charge is 0.252 e. The van der Waals surface area contributed by atoms with E-state index in [4.69, 9.17) is 16.0 Å². The molecule has 4 rings (SSSR count). The largest absolute Gasteiger partial charge is 0.461 e. The Morgan fingerprint density at radius 1 is 1.07 bits per heavy atom. The van der Waals surface area contributed by atoms with Crippen LogP contribution in [-0.4, -0.2) is 29.0 Å². The van der Waals surface area contributed by atoms with Crippen molar-refractivity contribution in [1.82, 2.24) is 15.3 Å². The SMILES string of the molecule is Cc1ccc2nc(-c3ccco3)nc(NCCNC(=O)c3ccccc3Cl)c2c1. The van der Waals surface area contributed by atoms with E-state index < -0.39 is 0 Å². The van der Waals surface area contributed by atoms with Crippen LogP contribution in [0.4, 0.5) is 5.82 Å². The van der Waals surface area contributed by atoms with Crippen molar-refractivity contribution in [3.05, 3.63) is 77.0 Å². The number of benzene rings is 2. The van der Waals surface area contributed by atoms with Crippen molar-refractivity contribution in [2.75, 3.05) is 18.4 Å². The fraction of sp³-hybridized carbons (Fsp3) is 0.136. The maximum Gasteiger partial charge on any atom is 0.252 e. The molecule has 0 aliphatic carbocycles. The molecule has 29 heavy (non-hydrogen) atoms. The first-order valence-corrected chi connectivity index (χ1v) is 9.58. The number of nitrogens with zero attached hydrogens (tertiary/aromatic N) is 2. The standard InChI is InChI=1S/C22H19ClN4O2/c1-14-8-9-18-16(13-14)20(27-21(26-18)19-7-4-12-29-19)24-10-11-25-22(28)15-5-2-3-6-17(15)23/h2-9,12-13H,10-11H2,1H3,(H,25,28)(H,24,26,27). The first-order chi connectivity index (χ1) is 14.1. The second kappa shape index (κ2) is 8.32. The highest BCUT2D eigenvalue weighted by Gasteiger charge is 2.12. The maximum absolute atomic E-state index is 12.3. The van der Waals surface area contributed by atoms with Gasteiger partial charge in [-0.2, -0.15) is 0 Å². The third-order valence-electron chi connectivity index (χ3n) is 4.41. The summed E-state index contributed by atoms with van der Waals surface area (Å²) in [5.41, 5.74) is 2.39. The molecule has 146 valence electrons. The van der Waals surface area contributed by atoms with E-state index in [0.29, 0.717) is 41.1 Å². The molecule has 0 fully saturated rings. The number of hydrogen-bond acceptors (Lipinski definition) is 5. The van der Waals surface area contributed by atoms with Gasteiger partial charge in [0.1, 0.15) is 5.82 Å². The molecule has 0 spiro atoms. The normalized spacial score (nSPS) is 10.8. The second-order valence-corrected chi connectivity index (χ2v) is 6.96. The Morgan fingerprint density at radius 2 is 1.93 bits per heavy atom. The lowest BCUT2D eigenvalue weighted by molar-refractivity contribution is 0.0955. The quantitative estimate of drug-likeness (QED) is 0.454. The molecule has 0 saturated carbocycles. The van der Waals surface area contributed by atoms with Crippen LogP contribution >= 0.6 is 11.6 Å². The summed E-state index contributed by atoms with van der Waals surface area (Å²) in [6.07, 6.45) is 1.59. The van der Waals surface area contributed by atoms with Crippen LogP contribution in [0.1, 0.15) is 15.9 Å². The number of carbonyl (C=O) groups is 1. The van der Waals surface area contributed by atoms with Crippen molar-refractivity contribution < 1.29 is 9.21 Å². The van der Waals surface area contributed by atoms with E-state index in [2.05, 4.69) is 20.6 Å². The Hall–Kier alpha value is -3.38. The Balaban J connectivity index is 1.50. The zero-order valence-corrected chi connectivity index (χ0v) is 16.5. The number of halogens is 1. The topological polar surface area (TPSA) is 80.1 Å². The lowest BCUT2D eigenvalue weighted by Gasteiger charge is -2.12. The maximum atomic E-state index is 12.3. The molecule has 0 saturated heterocycles. The number of furan rings is 1. The van der Waals surface area contributed by atoms with E-state index in [1.165, 1.54) is 0 Å². The summed E-state index contributed by atoms with van der Waals surface area (Å²) in [4.78, 5) is 21.5. The summed E-state index contributed by atoms with van der Waals surface area (Å²) < 4.78 is 5.44. The van der Waals surface area contributed by atoms with Gasteiger partial charge in [-0.15, -0.1) is 0 Å². The van der Waals surface area contributed by atoms with Crippen LogP contribution in [0.25, 0.3) is 22.5 Å². The van der Waals surface area contributed by atoms with Gasteiger partial charge in [0, 0.05) is 18.5 Å². The van der Waals surface area contributed by atoms with Crippen molar-refractivity contribution in [2.24, 2.45) is 0 Å². The molecule has 0 atom stereocenters. The zero-order valence-electron chi connectivity index (χ0n) is 15.8. The summed E-state index contributed by atoms with van der Waals surface area (Å²) >= 11 is 6.07. The van der Waals surface area contributed by atoms with Gasteiger partial charge < -0.3 is 15.1 Å². The number of aromatic nitrogens is 2. The lowest BCUT2D eigenvalue weighted by Crippen LogP contribution is -2.29. The Labute approximate surface area is 172 Å². The number of aryl methyl sites for hydroxylation is 1. The van der Waals surface area contributed by atoms with Gasteiger partial charge in [-0.05, 0) is 43.3 Å². The molecule has 2 aromatic carbocycles. The number of nitrogens with one attached hydrogen (secondary N) is 2. The van der Waals surface area contributed by atoms with E-state index in [0.717, 1.165) is 16.5 Å². The minimum Gasteiger partial charge on any atom is -0.461 e. The van der Waals surface area contributed by atoms with E-state index >= 15 is 0 Å². The van der Waals surface area contributed by atoms with Crippen LogP contribution in [-0.2, 0) is 0 Å². The summed E-state index contributed by atoms with van der Waals surface area (Å²) in [7, 11) is 0. The van der Waals surface area contributed by atoms with Gasteiger partial charge in [0.05, 0.1) is 22.4 Å². The molecule has 6 nitrogen and oxygen atoms in total. The number of fused-ring (bicyclic) bond motifs is 1. The van der Waals surface area contributed by atoms with Crippen LogP contribution < -0.4 is 10.6 Å². The van der Waals surface area contributed by atoms with Gasteiger partial charge in [0.25, 0.3) is 5.91 Å². The van der Waals surface area contributed by atoms with Crippen molar-refractivity contribution in [2.45, 2.75) is 6.92 Å². The van der Waals surface area contributed by atoms with Crippen LogP contribution in [0.5, 0.6) is 0 Å². The summed E-state index contributed by atoms with van der Waals surface area (Å²) in [6.45, 7) is 2.93. The van der Waals surface area contributed by atoms with Gasteiger partial charge in [-0.3, -0.25) is 4.79 Å². The second-order valence-electron chi connectivity index (χ2n) is 6.56. The van der Waals surface area contributed by atoms with E-state index in [1.807, 2.05) is 31.2 Å². The van der Waals surface area contributed by atoms with E-state index in [-0.39, 0.29) is 5.91 Å². The van der Waals surface area contributed by atoms with Crippen molar-refractivity contribution in [1.29, 1.82) is 0 Å². The number of anilines is 1. The molecule has 1 amide bonds. The van der Waals surface area contributed by atoms with Crippen LogP contribution in [0.3, 0.4) is 0 Å². The van der Waals surface area contributed by atoms with Gasteiger partial charge >= 0.3 is 0 Å². The van der Waals surface area contributed by atoms with Crippen molar-refractivity contribution in [3.8, 4) is 11.6 Å². The molecule has 0 bridgehead atoms. The Morgan fingerprint density at radius 3 is 2.72 bits per heavy atom. The zero-order chi connectivity index (χ0) is 20.2. The number of hydrogen-bond donors (Lipinski definition) is 2. The molecule has 0 aliphatic rings. The molecule has 7 heteroatoms. The predicted molar refractivity (Wildman–Crippen MR) is 114 cm³/mol. The van der Waals surface area contributed by atoms with Crippen LogP contribution in [0.2, 0.25) is 5.02 Å². The van der Waals surface area contributed by atoms with Gasteiger partial charge in [0.2, 0.25) is 0 Å². The number of amides is 1. The molecule has 0 aliphatic heterocycles. The van der Waals surface area contributed by atoms with Gasteiger partial charge in [-0.1, -0.05) is 35.4 Å².